The molecule has 12 heteroatoms. The minimum atomic E-state index is -0.682. The van der Waals surface area contributed by atoms with Gasteiger partial charge in [0.05, 0.1) is 24.7 Å². The first-order valence-electron chi connectivity index (χ1n) is 13.3. The molecule has 0 spiro atoms. The van der Waals surface area contributed by atoms with E-state index in [2.05, 4.69) is 5.32 Å². The predicted molar refractivity (Wildman–Crippen MR) is 144 cm³/mol. The highest BCUT2D eigenvalue weighted by atomic mass is 16.7. The Labute approximate surface area is 235 Å². The summed E-state index contributed by atoms with van der Waals surface area (Å²) in [6, 6.07) is 3.61. The summed E-state index contributed by atoms with van der Waals surface area (Å²) in [5.74, 6) is 0.532. The second kappa shape index (κ2) is 19.1. The molecule has 12 nitrogen and oxygen atoms in total. The quantitative estimate of drug-likeness (QED) is 0.396. The van der Waals surface area contributed by atoms with Crippen LogP contribution in [-0.2, 0) is 51.1 Å². The van der Waals surface area contributed by atoms with Gasteiger partial charge in [0, 0.05) is 53.4 Å². The molecular weight excluding hydrogens is 526 g/mol. The maximum absolute atomic E-state index is 12.9. The molecule has 0 aromatic heterocycles. The number of benzene rings is 1. The van der Waals surface area contributed by atoms with Crippen LogP contribution in [0.4, 0.5) is 0 Å². The molecule has 1 fully saturated rings. The van der Waals surface area contributed by atoms with Crippen molar-refractivity contribution in [2.75, 3.05) is 27.6 Å². The number of hydrogen-bond donors (Lipinski definition) is 2. The molecule has 3 aliphatic heterocycles. The predicted octanol–water partition coefficient (Wildman–Crippen LogP) is 2.25. The molecular formula is C28H43NO11. The minimum Gasteiger partial charge on any atom is -0.463 e. The van der Waals surface area contributed by atoms with E-state index in [1.807, 2.05) is 19.9 Å². The molecule has 0 radical (unpaired) electrons. The lowest BCUT2D eigenvalue weighted by atomic mass is 9.96. The lowest BCUT2D eigenvalue weighted by Crippen LogP contribution is -2.43. The van der Waals surface area contributed by atoms with E-state index in [9.17, 15) is 14.4 Å². The SMILES string of the molecule is CC.CC=O.CO.COC1C[C@@H](COC(C)=O)O[C@@H](O[C@@H]2CC(=O)Cc3cc4c(cc3CNC(=O)C2)OCO4)C1. The Bertz CT molecular complexity index is 952. The van der Waals surface area contributed by atoms with Crippen molar-refractivity contribution in [1.29, 1.82) is 0 Å². The standard InChI is InChI=1S/C23H29NO9.C2H4O.C2H6.CH4O/c1-13(25)29-11-19-7-17(28-2)9-23(33-19)32-18-6-16(26)3-14-4-20-21(31-12-30-20)5-15(14)10-24-22(27)8-18;1-2-3;2*1-2/h4-5,17-19,23H,3,6-12H2,1-2H3,(H,24,27);2H,1H3;1-2H3;2H,1H3/t17?,18-,19+,23-;;;/m1.../s1. The molecule has 226 valence electrons. The highest BCUT2D eigenvalue weighted by Crippen LogP contribution is 2.35. The fourth-order valence-corrected chi connectivity index (χ4v) is 4.28. The van der Waals surface area contributed by atoms with Gasteiger partial charge in [-0.05, 0) is 30.2 Å². The third kappa shape index (κ3) is 11.6. The Kier molecular flexibility index (Phi) is 16.7. The van der Waals surface area contributed by atoms with E-state index in [0.717, 1.165) is 24.5 Å². The first kappa shape index (κ1) is 35.0. The van der Waals surface area contributed by atoms with Gasteiger partial charge < -0.3 is 43.6 Å². The molecule has 1 unspecified atom stereocenters. The van der Waals surface area contributed by atoms with E-state index in [4.69, 9.17) is 38.3 Å². The number of aldehydes is 1. The lowest BCUT2D eigenvalue weighted by molar-refractivity contribution is -0.243. The summed E-state index contributed by atoms with van der Waals surface area (Å²) < 4.78 is 33.4. The summed E-state index contributed by atoms with van der Waals surface area (Å²) in [5.41, 5.74) is 1.62. The third-order valence-electron chi connectivity index (χ3n) is 5.90. The van der Waals surface area contributed by atoms with E-state index in [0.29, 0.717) is 24.3 Å². The normalized spacial score (nSPS) is 23.3. The maximum atomic E-state index is 12.9. The number of ketones is 1. The number of hydrogen-bond acceptors (Lipinski definition) is 11. The van der Waals surface area contributed by atoms with Crippen molar-refractivity contribution >= 4 is 23.9 Å². The van der Waals surface area contributed by atoms with E-state index >= 15 is 0 Å². The molecule has 4 atom stereocenters. The zero-order chi connectivity index (χ0) is 30.1. The van der Waals surface area contributed by atoms with Crippen LogP contribution in [0.1, 0.15) is 64.5 Å². The van der Waals surface area contributed by atoms with Crippen LogP contribution in [-0.4, -0.2) is 81.3 Å². The molecule has 3 heterocycles. The second-order valence-corrected chi connectivity index (χ2v) is 8.69. The Hall–Kier alpha value is -3.06. The van der Waals surface area contributed by atoms with E-state index < -0.39 is 24.5 Å². The van der Waals surface area contributed by atoms with Gasteiger partial charge in [-0.15, -0.1) is 0 Å². The van der Waals surface area contributed by atoms with Crippen molar-refractivity contribution in [2.24, 2.45) is 0 Å². The summed E-state index contributed by atoms with van der Waals surface area (Å²) in [6.07, 6.45) is 0.171. The van der Waals surface area contributed by atoms with Gasteiger partial charge in [0.1, 0.15) is 18.7 Å². The van der Waals surface area contributed by atoms with Gasteiger partial charge in [0.25, 0.3) is 0 Å². The average Bonchev–Trinajstić information content (AvgIpc) is 3.40. The Morgan fingerprint density at radius 1 is 1.07 bits per heavy atom. The average molecular weight is 570 g/mol. The van der Waals surface area contributed by atoms with E-state index in [-0.39, 0.29) is 57.0 Å². The molecule has 0 saturated carbocycles. The van der Waals surface area contributed by atoms with Gasteiger partial charge in [0.2, 0.25) is 12.7 Å². The van der Waals surface area contributed by atoms with Crippen LogP contribution in [0.15, 0.2) is 12.1 Å². The van der Waals surface area contributed by atoms with Gasteiger partial charge in [-0.2, -0.15) is 0 Å². The number of carbonyl (C=O) groups excluding carboxylic acids is 4. The lowest BCUT2D eigenvalue weighted by Gasteiger charge is -2.36. The molecule has 4 rings (SSSR count). The topological polar surface area (TPSA) is 156 Å². The fraction of sp³-hybridized carbons (Fsp3) is 0.643. The molecule has 1 saturated heterocycles. The smallest absolute Gasteiger partial charge is 0.302 e. The van der Waals surface area contributed by atoms with Crippen molar-refractivity contribution in [3.05, 3.63) is 23.3 Å². The van der Waals surface area contributed by atoms with Crippen molar-refractivity contribution in [3.63, 3.8) is 0 Å². The largest absolute Gasteiger partial charge is 0.463 e. The van der Waals surface area contributed by atoms with Crippen LogP contribution < -0.4 is 14.8 Å². The number of methoxy groups -OCH3 is 1. The van der Waals surface area contributed by atoms with Crippen LogP contribution in [0.25, 0.3) is 0 Å². The van der Waals surface area contributed by atoms with Crippen molar-refractivity contribution in [1.82, 2.24) is 5.32 Å². The Balaban J connectivity index is 0.00000105. The molecule has 1 aromatic carbocycles. The summed E-state index contributed by atoms with van der Waals surface area (Å²) >= 11 is 0. The number of aliphatic hydroxyl groups is 1. The molecule has 3 aliphatic rings. The first-order valence-corrected chi connectivity index (χ1v) is 13.3. The zero-order valence-electron chi connectivity index (χ0n) is 24.2. The summed E-state index contributed by atoms with van der Waals surface area (Å²) in [4.78, 5) is 45.4. The van der Waals surface area contributed by atoms with E-state index in [1.165, 1.54) is 13.8 Å². The van der Waals surface area contributed by atoms with Gasteiger partial charge in [0.15, 0.2) is 17.8 Å². The Morgan fingerprint density at radius 2 is 1.70 bits per heavy atom. The fourth-order valence-electron chi connectivity index (χ4n) is 4.28. The van der Waals surface area contributed by atoms with Crippen LogP contribution in [0.5, 0.6) is 11.5 Å². The number of ether oxygens (including phenoxy) is 6. The number of amides is 1. The number of carbonyl (C=O) groups is 4. The van der Waals surface area contributed by atoms with E-state index in [1.54, 1.807) is 13.2 Å². The first-order chi connectivity index (χ1) is 19.3. The van der Waals surface area contributed by atoms with Gasteiger partial charge in [-0.25, -0.2) is 0 Å². The Morgan fingerprint density at radius 3 is 2.30 bits per heavy atom. The second-order valence-electron chi connectivity index (χ2n) is 8.69. The molecule has 40 heavy (non-hydrogen) atoms. The molecule has 1 amide bonds. The van der Waals surface area contributed by atoms with Gasteiger partial charge >= 0.3 is 5.97 Å². The van der Waals surface area contributed by atoms with Crippen LogP contribution >= 0.6 is 0 Å². The summed E-state index contributed by atoms with van der Waals surface area (Å²) in [5, 5.41) is 9.89. The van der Waals surface area contributed by atoms with Crippen molar-refractivity contribution in [2.45, 2.75) is 90.9 Å². The molecule has 2 N–H and O–H groups in total. The number of nitrogens with one attached hydrogen (secondary N) is 1. The van der Waals surface area contributed by atoms with Gasteiger partial charge in [-0.1, -0.05) is 13.8 Å². The number of fused-ring (bicyclic) bond motifs is 2. The molecule has 0 bridgehead atoms. The number of Topliss-reactive ketones (excluding diaryl/α,β-unsaturated/α-hetero) is 1. The highest BCUT2D eigenvalue weighted by molar-refractivity contribution is 5.84. The number of aliphatic hydroxyl groups excluding tert-OH is 1. The van der Waals surface area contributed by atoms with Crippen molar-refractivity contribution < 1.29 is 52.7 Å². The van der Waals surface area contributed by atoms with Crippen LogP contribution in [0.2, 0.25) is 0 Å². The van der Waals surface area contributed by atoms with Crippen LogP contribution in [0, 0.1) is 0 Å². The van der Waals surface area contributed by atoms with Gasteiger partial charge in [-0.3, -0.25) is 14.4 Å². The zero-order valence-corrected chi connectivity index (χ0v) is 24.2. The minimum absolute atomic E-state index is 0.0255. The monoisotopic (exact) mass is 569 g/mol. The summed E-state index contributed by atoms with van der Waals surface area (Å²) in [6.45, 7) is 7.28. The highest BCUT2D eigenvalue weighted by Gasteiger charge is 2.34. The van der Waals surface area contributed by atoms with Crippen molar-refractivity contribution in [3.8, 4) is 11.5 Å². The summed E-state index contributed by atoms with van der Waals surface area (Å²) in [7, 11) is 2.60. The molecule has 0 aliphatic carbocycles. The van der Waals surface area contributed by atoms with Crippen LogP contribution in [0.3, 0.4) is 0 Å². The maximum Gasteiger partial charge on any atom is 0.302 e. The third-order valence-corrected chi connectivity index (χ3v) is 5.90. The number of rotatable bonds is 5. The molecule has 1 aromatic rings. The number of esters is 1.